The summed E-state index contributed by atoms with van der Waals surface area (Å²) in [5.41, 5.74) is 5.66. The van der Waals surface area contributed by atoms with Gasteiger partial charge in [0.2, 0.25) is 0 Å². The molecule has 0 radical (unpaired) electrons. The first-order valence-electron chi connectivity index (χ1n) is 6.94. The maximum atomic E-state index is 13.1. The molecule has 21 heavy (non-hydrogen) atoms. The van der Waals surface area contributed by atoms with Gasteiger partial charge in [-0.1, -0.05) is 6.07 Å². The van der Waals surface area contributed by atoms with E-state index in [0.717, 1.165) is 6.42 Å². The normalized spacial score (nSPS) is 22.6. The lowest BCUT2D eigenvalue weighted by Crippen LogP contribution is -2.42. The van der Waals surface area contributed by atoms with E-state index < -0.39 is 6.10 Å². The van der Waals surface area contributed by atoms with Crippen LogP contribution in [0.2, 0.25) is 0 Å². The van der Waals surface area contributed by atoms with E-state index in [2.05, 4.69) is 0 Å². The highest BCUT2D eigenvalue weighted by Crippen LogP contribution is 2.24. The fourth-order valence-corrected chi connectivity index (χ4v) is 2.65. The number of ether oxygens (including phenoxy) is 1. The van der Waals surface area contributed by atoms with Crippen LogP contribution in [0.5, 0.6) is 5.75 Å². The summed E-state index contributed by atoms with van der Waals surface area (Å²) in [5, 5.41) is 0. The molecule has 0 bridgehead atoms. The first-order valence-corrected chi connectivity index (χ1v) is 6.94. The number of halogens is 2. The molecular formula is C15H22ClFN2O2. The number of nitrogens with zero attached hydrogens (tertiary/aromatic N) is 1. The Morgan fingerprint density at radius 2 is 2.29 bits per heavy atom. The van der Waals surface area contributed by atoms with Crippen LogP contribution in [0.25, 0.3) is 0 Å². The van der Waals surface area contributed by atoms with Crippen molar-refractivity contribution < 1.29 is 13.9 Å². The highest BCUT2D eigenvalue weighted by atomic mass is 35.5. The summed E-state index contributed by atoms with van der Waals surface area (Å²) < 4.78 is 18.6. The van der Waals surface area contributed by atoms with E-state index in [9.17, 15) is 9.18 Å². The number of carbonyl (C=O) groups excluding carboxylic acids is 1. The predicted molar refractivity (Wildman–Crippen MR) is 82.1 cm³/mol. The number of hydrogen-bond acceptors (Lipinski definition) is 3. The van der Waals surface area contributed by atoms with Crippen LogP contribution in [0, 0.1) is 11.7 Å². The van der Waals surface area contributed by atoms with Gasteiger partial charge in [-0.15, -0.1) is 12.4 Å². The van der Waals surface area contributed by atoms with E-state index in [1.54, 1.807) is 19.1 Å². The minimum absolute atomic E-state index is 0. The van der Waals surface area contributed by atoms with Crippen molar-refractivity contribution in [3.05, 3.63) is 30.1 Å². The molecule has 3 atom stereocenters. The first-order chi connectivity index (χ1) is 9.51. The van der Waals surface area contributed by atoms with Crippen LogP contribution in [0.4, 0.5) is 4.39 Å². The molecule has 1 heterocycles. The van der Waals surface area contributed by atoms with Crippen LogP contribution < -0.4 is 10.5 Å². The third-order valence-electron chi connectivity index (χ3n) is 3.73. The Bertz CT molecular complexity index is 486. The lowest BCUT2D eigenvalue weighted by molar-refractivity contribution is -0.138. The Kier molecular flexibility index (Phi) is 6.42. The van der Waals surface area contributed by atoms with E-state index in [4.69, 9.17) is 10.5 Å². The Hall–Kier alpha value is -1.33. The van der Waals surface area contributed by atoms with Crippen molar-refractivity contribution in [3.63, 3.8) is 0 Å². The molecule has 3 unspecified atom stereocenters. The molecule has 0 saturated carbocycles. The molecule has 0 spiro atoms. The highest BCUT2D eigenvalue weighted by Gasteiger charge is 2.34. The average Bonchev–Trinajstić information content (AvgIpc) is 2.79. The van der Waals surface area contributed by atoms with E-state index >= 15 is 0 Å². The molecule has 118 valence electrons. The second-order valence-corrected chi connectivity index (χ2v) is 5.39. The van der Waals surface area contributed by atoms with Crippen LogP contribution in [0.1, 0.15) is 20.3 Å². The zero-order valence-corrected chi connectivity index (χ0v) is 13.1. The fourth-order valence-electron chi connectivity index (χ4n) is 2.65. The molecule has 6 heteroatoms. The van der Waals surface area contributed by atoms with Gasteiger partial charge < -0.3 is 15.4 Å². The predicted octanol–water partition coefficient (Wildman–Crippen LogP) is 2.21. The summed E-state index contributed by atoms with van der Waals surface area (Å²) in [6.07, 6.45) is 0.297. The van der Waals surface area contributed by atoms with Crippen LogP contribution in [0.15, 0.2) is 24.3 Å². The summed E-state index contributed by atoms with van der Waals surface area (Å²) in [6, 6.07) is 6.00. The Morgan fingerprint density at radius 1 is 1.57 bits per heavy atom. The fraction of sp³-hybridized carbons (Fsp3) is 0.533. The van der Waals surface area contributed by atoms with Gasteiger partial charge in [0.05, 0.1) is 0 Å². The van der Waals surface area contributed by atoms with Crippen molar-refractivity contribution in [2.75, 3.05) is 13.1 Å². The monoisotopic (exact) mass is 316 g/mol. The summed E-state index contributed by atoms with van der Waals surface area (Å²) in [4.78, 5) is 14.2. The largest absolute Gasteiger partial charge is 0.481 e. The third-order valence-corrected chi connectivity index (χ3v) is 3.73. The molecule has 1 saturated heterocycles. The molecule has 1 aliphatic rings. The standard InChI is InChI=1S/C15H21FN2O2.ClH/c1-10-6-12(8-17)9-18(10)15(19)11(2)20-14-5-3-4-13(16)7-14;/h3-5,7,10-12H,6,8-9,17H2,1-2H3;1H. The average molecular weight is 317 g/mol. The van der Waals surface area contributed by atoms with Gasteiger partial charge in [0.1, 0.15) is 11.6 Å². The molecule has 1 amide bonds. The van der Waals surface area contributed by atoms with Crippen molar-refractivity contribution in [2.24, 2.45) is 11.7 Å². The summed E-state index contributed by atoms with van der Waals surface area (Å²) in [6.45, 7) is 4.97. The lowest BCUT2D eigenvalue weighted by Gasteiger charge is -2.25. The molecular weight excluding hydrogens is 295 g/mol. The van der Waals surface area contributed by atoms with E-state index in [1.165, 1.54) is 12.1 Å². The second-order valence-electron chi connectivity index (χ2n) is 5.39. The highest BCUT2D eigenvalue weighted by molar-refractivity contribution is 5.85. The van der Waals surface area contributed by atoms with Crippen molar-refractivity contribution in [3.8, 4) is 5.75 Å². The van der Waals surface area contributed by atoms with Crippen molar-refractivity contribution in [1.29, 1.82) is 0 Å². The smallest absolute Gasteiger partial charge is 0.263 e. The summed E-state index contributed by atoms with van der Waals surface area (Å²) in [5.74, 6) is 0.279. The number of nitrogens with two attached hydrogens (primary N) is 1. The number of carbonyl (C=O) groups is 1. The van der Waals surface area contributed by atoms with Crippen LogP contribution in [0.3, 0.4) is 0 Å². The van der Waals surface area contributed by atoms with Gasteiger partial charge in [0.15, 0.2) is 6.10 Å². The van der Waals surface area contributed by atoms with Crippen molar-refractivity contribution >= 4 is 18.3 Å². The molecule has 0 aliphatic carbocycles. The SMILES string of the molecule is CC(Oc1cccc(F)c1)C(=O)N1CC(CN)CC1C.Cl. The summed E-state index contributed by atoms with van der Waals surface area (Å²) >= 11 is 0. The van der Waals surface area contributed by atoms with Crippen LogP contribution in [-0.4, -0.2) is 36.0 Å². The molecule has 1 aliphatic heterocycles. The van der Waals surface area contributed by atoms with Crippen LogP contribution in [-0.2, 0) is 4.79 Å². The molecule has 2 rings (SSSR count). The summed E-state index contributed by atoms with van der Waals surface area (Å²) in [7, 11) is 0. The van der Waals surface area contributed by atoms with Gasteiger partial charge >= 0.3 is 0 Å². The third kappa shape index (κ3) is 4.32. The van der Waals surface area contributed by atoms with Gasteiger partial charge in [-0.2, -0.15) is 0 Å². The minimum Gasteiger partial charge on any atom is -0.481 e. The maximum Gasteiger partial charge on any atom is 0.263 e. The molecule has 1 aromatic carbocycles. The molecule has 2 N–H and O–H groups in total. The number of amides is 1. The quantitative estimate of drug-likeness (QED) is 0.926. The van der Waals surface area contributed by atoms with Gasteiger partial charge in [0, 0.05) is 18.7 Å². The van der Waals surface area contributed by atoms with Gasteiger partial charge in [-0.25, -0.2) is 4.39 Å². The topological polar surface area (TPSA) is 55.6 Å². The molecule has 1 aromatic rings. The molecule has 0 aromatic heterocycles. The van der Waals surface area contributed by atoms with Crippen molar-refractivity contribution in [1.82, 2.24) is 4.90 Å². The minimum atomic E-state index is -0.629. The zero-order chi connectivity index (χ0) is 14.7. The van der Waals surface area contributed by atoms with Gasteiger partial charge in [0.25, 0.3) is 5.91 Å². The Labute approximate surface area is 130 Å². The lowest BCUT2D eigenvalue weighted by atomic mass is 10.1. The first kappa shape index (κ1) is 17.7. The number of rotatable bonds is 4. The Balaban J connectivity index is 0.00000220. The Morgan fingerprint density at radius 3 is 2.86 bits per heavy atom. The molecule has 4 nitrogen and oxygen atoms in total. The van der Waals surface area contributed by atoms with Crippen LogP contribution >= 0.6 is 12.4 Å². The van der Waals surface area contributed by atoms with Crippen molar-refractivity contribution in [2.45, 2.75) is 32.4 Å². The van der Waals surface area contributed by atoms with E-state index in [0.29, 0.717) is 24.8 Å². The van der Waals surface area contributed by atoms with E-state index in [1.807, 2.05) is 11.8 Å². The number of hydrogen-bond donors (Lipinski definition) is 1. The second kappa shape index (κ2) is 7.61. The molecule has 1 fully saturated rings. The van der Waals surface area contributed by atoms with Gasteiger partial charge in [-0.05, 0) is 44.9 Å². The zero-order valence-electron chi connectivity index (χ0n) is 12.3. The van der Waals surface area contributed by atoms with E-state index in [-0.39, 0.29) is 30.2 Å². The maximum absolute atomic E-state index is 13.1. The van der Waals surface area contributed by atoms with Gasteiger partial charge in [-0.3, -0.25) is 4.79 Å². The number of benzene rings is 1. The number of likely N-dealkylation sites (tertiary alicyclic amines) is 1.